The molecular formula is C24H26N6. The molecule has 3 aromatic heterocycles. The van der Waals surface area contributed by atoms with Gasteiger partial charge in [-0.25, -0.2) is 15.0 Å². The zero-order valence-corrected chi connectivity index (χ0v) is 17.9. The van der Waals surface area contributed by atoms with E-state index in [0.717, 1.165) is 36.5 Å². The maximum Gasteiger partial charge on any atom is 0.224 e. The summed E-state index contributed by atoms with van der Waals surface area (Å²) in [6.45, 7) is 4.21. The van der Waals surface area contributed by atoms with E-state index in [1.807, 2.05) is 37.6 Å². The fourth-order valence-electron chi connectivity index (χ4n) is 4.26. The number of hydrogen-bond acceptors (Lipinski definition) is 5. The molecule has 1 aromatic carbocycles. The minimum absolute atomic E-state index is 0.703. The predicted molar refractivity (Wildman–Crippen MR) is 121 cm³/mol. The van der Waals surface area contributed by atoms with Gasteiger partial charge < -0.3 is 9.80 Å². The van der Waals surface area contributed by atoms with Gasteiger partial charge in [0.25, 0.3) is 0 Å². The first-order valence-corrected chi connectivity index (χ1v) is 10.3. The number of nitrogens with zero attached hydrogens (tertiary/aromatic N) is 6. The summed E-state index contributed by atoms with van der Waals surface area (Å²) >= 11 is 0. The van der Waals surface area contributed by atoms with Crippen LogP contribution in [0.2, 0.25) is 0 Å². The first-order chi connectivity index (χ1) is 14.5. The minimum atomic E-state index is 0.703. The largest absolute Gasteiger partial charge is 0.347 e. The number of rotatable bonds is 3. The van der Waals surface area contributed by atoms with Crippen LogP contribution in [0, 0.1) is 6.92 Å². The monoisotopic (exact) mass is 398 g/mol. The van der Waals surface area contributed by atoms with Crippen LogP contribution >= 0.6 is 0 Å². The number of hydrogen-bond donors (Lipinski definition) is 0. The van der Waals surface area contributed by atoms with Crippen LogP contribution in [0.25, 0.3) is 27.8 Å². The molecule has 0 saturated carbocycles. The van der Waals surface area contributed by atoms with E-state index in [1.54, 1.807) is 0 Å². The van der Waals surface area contributed by atoms with Gasteiger partial charge >= 0.3 is 0 Å². The van der Waals surface area contributed by atoms with Crippen molar-refractivity contribution in [3.8, 4) is 16.9 Å². The fraction of sp³-hybridized carbons (Fsp3) is 0.292. The van der Waals surface area contributed by atoms with Crippen LogP contribution in [0.4, 0.5) is 5.95 Å². The summed E-state index contributed by atoms with van der Waals surface area (Å²) in [7, 11) is 6.07. The third kappa shape index (κ3) is 3.13. The Hall–Kier alpha value is -3.25. The second-order valence-corrected chi connectivity index (χ2v) is 8.34. The Morgan fingerprint density at radius 1 is 0.933 bits per heavy atom. The molecule has 0 atom stereocenters. The third-order valence-corrected chi connectivity index (χ3v) is 5.84. The quantitative estimate of drug-likeness (QED) is 0.525. The molecule has 4 aromatic rings. The van der Waals surface area contributed by atoms with Gasteiger partial charge in [0.15, 0.2) is 0 Å². The summed E-state index contributed by atoms with van der Waals surface area (Å²) in [5, 5.41) is 1.34. The fourth-order valence-corrected chi connectivity index (χ4v) is 4.26. The highest BCUT2D eigenvalue weighted by atomic mass is 15.2. The molecule has 0 spiro atoms. The molecule has 0 bridgehead atoms. The summed E-state index contributed by atoms with van der Waals surface area (Å²) in [6.07, 6.45) is 6.66. The molecule has 0 fully saturated rings. The zero-order chi connectivity index (χ0) is 20.8. The van der Waals surface area contributed by atoms with E-state index >= 15 is 0 Å². The van der Waals surface area contributed by atoms with Gasteiger partial charge in [0, 0.05) is 74.4 Å². The van der Waals surface area contributed by atoms with Crippen molar-refractivity contribution in [2.75, 3.05) is 32.6 Å². The van der Waals surface area contributed by atoms with Crippen molar-refractivity contribution in [2.24, 2.45) is 0 Å². The average Bonchev–Trinajstić information content (AvgIpc) is 3.07. The lowest BCUT2D eigenvalue weighted by atomic mass is 10.0. The molecule has 152 valence electrons. The Morgan fingerprint density at radius 3 is 2.40 bits per heavy atom. The molecular weight excluding hydrogens is 372 g/mol. The van der Waals surface area contributed by atoms with Crippen molar-refractivity contribution in [3.05, 3.63) is 65.7 Å². The molecule has 0 unspecified atom stereocenters. The second kappa shape index (κ2) is 7.22. The Kier molecular flexibility index (Phi) is 4.51. The Bertz CT molecular complexity index is 1210. The molecule has 0 saturated heterocycles. The van der Waals surface area contributed by atoms with Crippen molar-refractivity contribution in [3.63, 3.8) is 0 Å². The van der Waals surface area contributed by atoms with Crippen LogP contribution < -0.4 is 4.90 Å². The van der Waals surface area contributed by atoms with Gasteiger partial charge in [0.1, 0.15) is 5.82 Å². The number of aryl methyl sites for hydroxylation is 1. The highest BCUT2D eigenvalue weighted by Gasteiger charge is 2.23. The van der Waals surface area contributed by atoms with Crippen LogP contribution in [0.3, 0.4) is 0 Å². The van der Waals surface area contributed by atoms with E-state index < -0.39 is 0 Å². The first-order valence-electron chi connectivity index (χ1n) is 10.3. The Morgan fingerprint density at radius 2 is 1.70 bits per heavy atom. The van der Waals surface area contributed by atoms with Gasteiger partial charge in [-0.1, -0.05) is 11.6 Å². The summed E-state index contributed by atoms with van der Waals surface area (Å²) < 4.78 is 2.34. The minimum Gasteiger partial charge on any atom is -0.347 e. The van der Waals surface area contributed by atoms with Crippen LogP contribution in [-0.2, 0) is 13.0 Å². The highest BCUT2D eigenvalue weighted by molar-refractivity contribution is 5.88. The molecule has 6 nitrogen and oxygen atoms in total. The lowest BCUT2D eigenvalue weighted by Gasteiger charge is -2.24. The Labute approximate surface area is 176 Å². The Balaban J connectivity index is 1.58. The number of pyridine rings is 1. The lowest BCUT2D eigenvalue weighted by molar-refractivity contribution is 0.311. The van der Waals surface area contributed by atoms with Crippen LogP contribution in [0.1, 0.15) is 16.8 Å². The maximum atomic E-state index is 4.84. The molecule has 1 aliphatic heterocycles. The topological polar surface area (TPSA) is 50.1 Å². The molecule has 0 amide bonds. The van der Waals surface area contributed by atoms with Gasteiger partial charge in [0.2, 0.25) is 5.95 Å². The van der Waals surface area contributed by atoms with E-state index in [0.29, 0.717) is 5.95 Å². The maximum absolute atomic E-state index is 4.84. The number of likely N-dealkylation sites (N-methyl/N-ethyl adjacent to an activating group) is 1. The second-order valence-electron chi connectivity index (χ2n) is 8.34. The molecule has 4 heterocycles. The van der Waals surface area contributed by atoms with E-state index in [-0.39, 0.29) is 0 Å². The van der Waals surface area contributed by atoms with Crippen LogP contribution in [-0.4, -0.2) is 52.1 Å². The number of aromatic nitrogens is 4. The summed E-state index contributed by atoms with van der Waals surface area (Å²) in [4.78, 5) is 18.0. The van der Waals surface area contributed by atoms with E-state index in [9.17, 15) is 0 Å². The highest BCUT2D eigenvalue weighted by Crippen LogP contribution is 2.33. The molecule has 30 heavy (non-hydrogen) atoms. The SMILES string of the molecule is Cc1ccc2c(c1)c1c(n2-c2ccc(-c3cnc(N(C)C)nc3)cn2)CCN(C)C1. The predicted octanol–water partition coefficient (Wildman–Crippen LogP) is 3.84. The van der Waals surface area contributed by atoms with E-state index in [4.69, 9.17) is 4.98 Å². The van der Waals surface area contributed by atoms with Crippen molar-refractivity contribution in [1.29, 1.82) is 0 Å². The summed E-state index contributed by atoms with van der Waals surface area (Å²) in [5.41, 5.74) is 7.33. The van der Waals surface area contributed by atoms with Gasteiger partial charge in [-0.3, -0.25) is 4.57 Å². The molecule has 0 N–H and O–H groups in total. The smallest absolute Gasteiger partial charge is 0.224 e. The summed E-state index contributed by atoms with van der Waals surface area (Å²) in [6, 6.07) is 10.9. The molecule has 0 radical (unpaired) electrons. The van der Waals surface area contributed by atoms with E-state index in [1.165, 1.54) is 27.7 Å². The van der Waals surface area contributed by atoms with Crippen molar-refractivity contribution in [1.82, 2.24) is 24.4 Å². The molecule has 6 heteroatoms. The molecule has 1 aliphatic rings. The van der Waals surface area contributed by atoms with Crippen molar-refractivity contribution in [2.45, 2.75) is 19.9 Å². The molecule has 5 rings (SSSR count). The van der Waals surface area contributed by atoms with Gasteiger partial charge in [-0.05, 0) is 43.8 Å². The van der Waals surface area contributed by atoms with E-state index in [2.05, 4.69) is 63.7 Å². The van der Waals surface area contributed by atoms with Gasteiger partial charge in [0.05, 0.1) is 5.52 Å². The normalized spacial score (nSPS) is 14.1. The van der Waals surface area contributed by atoms with Crippen molar-refractivity contribution >= 4 is 16.9 Å². The third-order valence-electron chi connectivity index (χ3n) is 5.84. The summed E-state index contributed by atoms with van der Waals surface area (Å²) in [5.74, 6) is 1.67. The molecule has 0 aliphatic carbocycles. The van der Waals surface area contributed by atoms with Crippen LogP contribution in [0.5, 0.6) is 0 Å². The number of benzene rings is 1. The van der Waals surface area contributed by atoms with Gasteiger partial charge in [-0.15, -0.1) is 0 Å². The number of fused-ring (bicyclic) bond motifs is 3. The van der Waals surface area contributed by atoms with Crippen molar-refractivity contribution < 1.29 is 0 Å². The zero-order valence-electron chi connectivity index (χ0n) is 17.9. The standard InChI is InChI=1S/C24H26N6/c1-16-5-7-21-19(11-16)20-15-29(4)10-9-22(20)30(21)23-8-6-17(12-25-23)18-13-26-24(27-14-18)28(2)3/h5-8,11-14H,9-10,15H2,1-4H3. The lowest BCUT2D eigenvalue weighted by Crippen LogP contribution is -2.27. The number of anilines is 1. The van der Waals surface area contributed by atoms with Crippen LogP contribution in [0.15, 0.2) is 48.9 Å². The first kappa shape index (κ1) is 18.8. The van der Waals surface area contributed by atoms with Gasteiger partial charge in [-0.2, -0.15) is 0 Å². The average molecular weight is 399 g/mol.